The van der Waals surface area contributed by atoms with Crippen LogP contribution >= 0.6 is 23.1 Å². The fourth-order valence-electron chi connectivity index (χ4n) is 3.28. The van der Waals surface area contributed by atoms with E-state index in [1.165, 1.54) is 17.3 Å². The third kappa shape index (κ3) is 3.05. The Morgan fingerprint density at radius 3 is 3.00 bits per heavy atom. The number of amides is 1. The normalized spacial score (nSPS) is 13.4. The van der Waals surface area contributed by atoms with Crippen molar-refractivity contribution >= 4 is 44.9 Å². The van der Waals surface area contributed by atoms with Gasteiger partial charge in [0.2, 0.25) is 5.91 Å². The average molecular weight is 386 g/mol. The maximum atomic E-state index is 12.5. The van der Waals surface area contributed by atoms with Crippen LogP contribution in [0.1, 0.15) is 21.8 Å². The number of carbonyl (C=O) groups excluding carboxylic acids is 1. The number of hydrogen-bond donors (Lipinski definition) is 1. The highest BCUT2D eigenvalue weighted by Crippen LogP contribution is 2.29. The summed E-state index contributed by atoms with van der Waals surface area (Å²) in [6, 6.07) is 8.05. The fraction of sp³-hybridized carbons (Fsp3) is 0.316. The number of carbonyl (C=O) groups is 1. The summed E-state index contributed by atoms with van der Waals surface area (Å²) in [6.07, 6.45) is 0.912. The van der Waals surface area contributed by atoms with Crippen LogP contribution in [-0.4, -0.2) is 28.2 Å². The fourth-order valence-corrected chi connectivity index (χ4v) is 5.09. The molecule has 7 heteroatoms. The molecule has 3 heterocycles. The minimum atomic E-state index is -0.0905. The lowest BCUT2D eigenvalue weighted by atomic mass is 10.2. The molecule has 3 aromatic rings. The third-order valence-corrected chi connectivity index (χ3v) is 6.77. The first-order valence-electron chi connectivity index (χ1n) is 8.49. The smallest absolute Gasteiger partial charge is 0.259 e. The van der Waals surface area contributed by atoms with Crippen molar-refractivity contribution in [2.24, 2.45) is 0 Å². The highest BCUT2D eigenvalue weighted by Gasteiger charge is 2.23. The zero-order valence-electron chi connectivity index (χ0n) is 14.7. The van der Waals surface area contributed by atoms with E-state index in [-0.39, 0.29) is 11.5 Å². The Morgan fingerprint density at radius 1 is 1.35 bits per heavy atom. The topological polar surface area (TPSA) is 66.1 Å². The molecule has 0 unspecified atom stereocenters. The zero-order chi connectivity index (χ0) is 18.3. The van der Waals surface area contributed by atoms with Crippen LogP contribution in [0.4, 0.5) is 5.69 Å². The lowest BCUT2D eigenvalue weighted by Crippen LogP contribution is -2.30. The van der Waals surface area contributed by atoms with Gasteiger partial charge < -0.3 is 9.88 Å². The molecule has 0 bridgehead atoms. The molecule has 4 rings (SSSR count). The van der Waals surface area contributed by atoms with Gasteiger partial charge in [0, 0.05) is 17.1 Å². The zero-order valence-corrected chi connectivity index (χ0v) is 16.3. The van der Waals surface area contributed by atoms with Crippen LogP contribution in [-0.2, 0) is 17.0 Å². The summed E-state index contributed by atoms with van der Waals surface area (Å²) in [5, 5.41) is 0.686. The number of thiophene rings is 1. The molecule has 0 radical (unpaired) electrons. The Kier molecular flexibility index (Phi) is 4.58. The largest absolute Gasteiger partial charge is 0.311 e. The summed E-state index contributed by atoms with van der Waals surface area (Å²) >= 11 is 3.03. The summed E-state index contributed by atoms with van der Waals surface area (Å²) in [6.45, 7) is 4.70. The van der Waals surface area contributed by atoms with Gasteiger partial charge in [-0.2, -0.15) is 0 Å². The van der Waals surface area contributed by atoms with Crippen LogP contribution in [0.25, 0.3) is 10.2 Å². The van der Waals surface area contributed by atoms with Gasteiger partial charge in [-0.05, 0) is 37.5 Å². The van der Waals surface area contributed by atoms with E-state index in [9.17, 15) is 9.59 Å². The third-order valence-electron chi connectivity index (χ3n) is 4.74. The van der Waals surface area contributed by atoms with Crippen LogP contribution < -0.4 is 10.5 Å². The van der Waals surface area contributed by atoms with Crippen molar-refractivity contribution in [1.82, 2.24) is 9.97 Å². The number of hydrogen-bond acceptors (Lipinski definition) is 5. The van der Waals surface area contributed by atoms with E-state index in [4.69, 9.17) is 0 Å². The van der Waals surface area contributed by atoms with E-state index in [1.54, 1.807) is 11.3 Å². The van der Waals surface area contributed by atoms with Crippen LogP contribution in [0, 0.1) is 13.8 Å². The number of rotatable bonds is 4. The molecule has 1 aliphatic rings. The predicted octanol–water partition coefficient (Wildman–Crippen LogP) is 3.42. The number of aromatic amines is 1. The average Bonchev–Trinajstić information content (AvgIpc) is 3.16. The van der Waals surface area contributed by atoms with Crippen LogP contribution in [0.15, 0.2) is 29.1 Å². The van der Waals surface area contributed by atoms with Gasteiger partial charge >= 0.3 is 0 Å². The maximum absolute atomic E-state index is 12.5. The van der Waals surface area contributed by atoms with Gasteiger partial charge in [0.15, 0.2) is 0 Å². The number of para-hydroxylation sites is 1. The first-order valence-corrected chi connectivity index (χ1v) is 10.5. The lowest BCUT2D eigenvalue weighted by Gasteiger charge is -2.16. The summed E-state index contributed by atoms with van der Waals surface area (Å²) in [7, 11) is 0. The highest BCUT2D eigenvalue weighted by atomic mass is 32.2. The standard InChI is InChI=1S/C19H19N3O2S2/c1-11-12(2)26-19-17(11)18(24)20-15(21-19)9-25-10-16(23)22-8-7-13-5-3-4-6-14(13)22/h3-6H,7-10H2,1-2H3,(H,20,21,24). The molecule has 0 saturated heterocycles. The molecule has 1 amide bonds. The quantitative estimate of drug-likeness (QED) is 0.747. The molecule has 0 saturated carbocycles. The van der Waals surface area contributed by atoms with Crippen molar-refractivity contribution in [3.63, 3.8) is 0 Å². The van der Waals surface area contributed by atoms with Gasteiger partial charge in [-0.3, -0.25) is 9.59 Å². The minimum Gasteiger partial charge on any atom is -0.311 e. The van der Waals surface area contributed by atoms with Crippen molar-refractivity contribution in [3.8, 4) is 0 Å². The van der Waals surface area contributed by atoms with Gasteiger partial charge in [0.25, 0.3) is 5.56 Å². The van der Waals surface area contributed by atoms with Crippen LogP contribution in [0.5, 0.6) is 0 Å². The van der Waals surface area contributed by atoms with Crippen molar-refractivity contribution in [3.05, 3.63) is 56.4 Å². The summed E-state index contributed by atoms with van der Waals surface area (Å²) in [5.41, 5.74) is 3.16. The monoisotopic (exact) mass is 385 g/mol. The first-order chi connectivity index (χ1) is 12.5. The molecule has 0 atom stereocenters. The molecular weight excluding hydrogens is 366 g/mol. The SMILES string of the molecule is Cc1sc2nc(CSCC(=O)N3CCc4ccccc43)[nH]c(=O)c2c1C. The lowest BCUT2D eigenvalue weighted by molar-refractivity contribution is -0.116. The molecule has 0 fully saturated rings. The number of thioether (sulfide) groups is 1. The van der Waals surface area contributed by atoms with Gasteiger partial charge in [-0.25, -0.2) is 4.98 Å². The van der Waals surface area contributed by atoms with Gasteiger partial charge in [0.1, 0.15) is 10.7 Å². The molecule has 26 heavy (non-hydrogen) atoms. The van der Waals surface area contributed by atoms with Gasteiger partial charge in [-0.15, -0.1) is 23.1 Å². The number of H-pyrrole nitrogens is 1. The Morgan fingerprint density at radius 2 is 2.15 bits per heavy atom. The van der Waals surface area contributed by atoms with Gasteiger partial charge in [-0.1, -0.05) is 18.2 Å². The molecule has 134 valence electrons. The number of fused-ring (bicyclic) bond motifs is 2. The van der Waals surface area contributed by atoms with Crippen molar-refractivity contribution in [1.29, 1.82) is 0 Å². The number of benzene rings is 1. The first kappa shape index (κ1) is 17.3. The van der Waals surface area contributed by atoms with E-state index < -0.39 is 0 Å². The van der Waals surface area contributed by atoms with E-state index in [0.717, 1.165) is 33.9 Å². The Balaban J connectivity index is 1.43. The summed E-state index contributed by atoms with van der Waals surface area (Å²) in [5.74, 6) is 1.62. The number of nitrogens with one attached hydrogen (secondary N) is 1. The van der Waals surface area contributed by atoms with Crippen molar-refractivity contribution < 1.29 is 4.79 Å². The van der Waals surface area contributed by atoms with E-state index in [2.05, 4.69) is 16.0 Å². The Bertz CT molecular complexity index is 1050. The maximum Gasteiger partial charge on any atom is 0.259 e. The number of anilines is 1. The number of aromatic nitrogens is 2. The summed E-state index contributed by atoms with van der Waals surface area (Å²) < 4.78 is 0. The molecular formula is C19H19N3O2S2. The second-order valence-corrected chi connectivity index (χ2v) is 8.58. The van der Waals surface area contributed by atoms with Gasteiger partial charge in [0.05, 0.1) is 16.9 Å². The second-order valence-electron chi connectivity index (χ2n) is 6.39. The molecule has 0 aliphatic carbocycles. The van der Waals surface area contributed by atoms with E-state index in [0.29, 0.717) is 22.7 Å². The van der Waals surface area contributed by atoms with E-state index in [1.807, 2.05) is 36.9 Å². The Labute approximate surface area is 159 Å². The molecule has 1 aromatic carbocycles. The van der Waals surface area contributed by atoms with Crippen molar-refractivity contribution in [2.75, 3.05) is 17.2 Å². The van der Waals surface area contributed by atoms with Crippen molar-refractivity contribution in [2.45, 2.75) is 26.0 Å². The van der Waals surface area contributed by atoms with Crippen LogP contribution in [0.2, 0.25) is 0 Å². The Hall–Kier alpha value is -2.12. The summed E-state index contributed by atoms with van der Waals surface area (Å²) in [4.78, 5) is 36.0. The molecule has 1 aliphatic heterocycles. The molecule has 5 nitrogen and oxygen atoms in total. The van der Waals surface area contributed by atoms with E-state index >= 15 is 0 Å². The number of nitrogens with zero attached hydrogens (tertiary/aromatic N) is 2. The molecule has 2 aromatic heterocycles. The minimum absolute atomic E-state index is 0.0905. The second kappa shape index (κ2) is 6.89. The number of aryl methyl sites for hydroxylation is 2. The predicted molar refractivity (Wildman–Crippen MR) is 108 cm³/mol. The van der Waals surface area contributed by atoms with Crippen LogP contribution in [0.3, 0.4) is 0 Å². The highest BCUT2D eigenvalue weighted by molar-refractivity contribution is 7.99. The molecule has 0 spiro atoms. The molecule has 1 N–H and O–H groups in total.